The van der Waals surface area contributed by atoms with Crippen molar-refractivity contribution in [2.45, 2.75) is 0 Å². The minimum absolute atomic E-state index is 0.0417. The Hall–Kier alpha value is -3.30. The Morgan fingerprint density at radius 2 is 1.15 bits per heavy atom. The Labute approximate surface area is 114 Å². The molecule has 2 amide bonds. The maximum absolute atomic E-state index is 9.00. The molecule has 20 heavy (non-hydrogen) atoms. The second-order valence-corrected chi connectivity index (χ2v) is 3.15. The van der Waals surface area contributed by atoms with E-state index in [0.29, 0.717) is 5.75 Å². The number of nitrogen functional groups attached to an aromatic ring is 3. The van der Waals surface area contributed by atoms with Crippen LogP contribution in [0.1, 0.15) is 0 Å². The number of urea groups is 1. The Morgan fingerprint density at radius 1 is 0.850 bits per heavy atom. The second kappa shape index (κ2) is 8.74. The van der Waals surface area contributed by atoms with Gasteiger partial charge in [0.1, 0.15) is 5.75 Å². The predicted molar refractivity (Wildman–Crippen MR) is 74.9 cm³/mol. The van der Waals surface area contributed by atoms with Crippen molar-refractivity contribution in [3.8, 4) is 5.75 Å². The van der Waals surface area contributed by atoms with Crippen LogP contribution in [-0.4, -0.2) is 26.1 Å². The number of carbonyl (C=O) groups is 1. The van der Waals surface area contributed by atoms with E-state index >= 15 is 0 Å². The van der Waals surface area contributed by atoms with Crippen LogP contribution in [-0.2, 0) is 0 Å². The number of carbonyl (C=O) groups excluding carboxylic acids is 1. The summed E-state index contributed by atoms with van der Waals surface area (Å²) in [6.45, 7) is 0. The van der Waals surface area contributed by atoms with Gasteiger partial charge >= 0.3 is 6.03 Å². The quantitative estimate of drug-likeness (QED) is 0.353. The van der Waals surface area contributed by atoms with E-state index in [0.717, 1.165) is 0 Å². The molecule has 1 aromatic heterocycles. The lowest BCUT2D eigenvalue weighted by atomic mass is 10.3. The van der Waals surface area contributed by atoms with Crippen molar-refractivity contribution < 1.29 is 9.90 Å². The number of benzene rings is 1. The summed E-state index contributed by atoms with van der Waals surface area (Å²) in [5.74, 6) is 0.447. The first-order valence-corrected chi connectivity index (χ1v) is 5.12. The minimum atomic E-state index is -0.833. The van der Waals surface area contributed by atoms with Crippen LogP contribution in [0.5, 0.6) is 5.75 Å². The fourth-order valence-corrected chi connectivity index (χ4v) is 0.855. The molecule has 11 N–H and O–H groups in total. The number of amides is 2. The standard InChI is InChI=1S/C6H6O.C3H6N6.CH4N2O/c7-6-4-2-1-3-5-6;4-1-7-2(5)9-3(6)8-1;2-1(3)4/h1-5,7H;(H6,4,5,6,7,8,9);(H4,2,3,4). The zero-order chi connectivity index (χ0) is 15.5. The van der Waals surface area contributed by atoms with Crippen LogP contribution in [0, 0.1) is 0 Å². The molecular formula is C10H16N8O2. The Balaban J connectivity index is 0.000000293. The molecule has 0 radical (unpaired) electrons. The van der Waals surface area contributed by atoms with Crippen LogP contribution in [0.15, 0.2) is 30.3 Å². The number of aromatic hydroxyl groups is 1. The number of aromatic nitrogens is 3. The Morgan fingerprint density at radius 3 is 1.35 bits per heavy atom. The Kier molecular flexibility index (Phi) is 7.30. The van der Waals surface area contributed by atoms with E-state index in [-0.39, 0.29) is 17.8 Å². The van der Waals surface area contributed by atoms with Crippen LogP contribution in [0.3, 0.4) is 0 Å². The van der Waals surface area contributed by atoms with Gasteiger partial charge in [0, 0.05) is 0 Å². The number of para-hydroxylation sites is 1. The molecule has 0 aliphatic rings. The van der Waals surface area contributed by atoms with Gasteiger partial charge in [-0.2, -0.15) is 15.0 Å². The maximum atomic E-state index is 9.00. The molecule has 0 saturated carbocycles. The summed E-state index contributed by atoms with van der Waals surface area (Å²) in [7, 11) is 0. The predicted octanol–water partition coefficient (Wildman–Crippen LogP) is -0.966. The van der Waals surface area contributed by atoms with E-state index in [2.05, 4.69) is 26.4 Å². The molecule has 1 heterocycles. The first-order chi connectivity index (χ1) is 9.31. The van der Waals surface area contributed by atoms with Gasteiger partial charge in [0.25, 0.3) is 0 Å². The first kappa shape index (κ1) is 16.7. The molecule has 2 aromatic rings. The van der Waals surface area contributed by atoms with Crippen molar-refractivity contribution in [1.29, 1.82) is 0 Å². The average molecular weight is 280 g/mol. The van der Waals surface area contributed by atoms with Gasteiger partial charge in [-0.3, -0.25) is 0 Å². The van der Waals surface area contributed by atoms with E-state index in [1.54, 1.807) is 24.3 Å². The molecule has 0 unspecified atom stereocenters. The van der Waals surface area contributed by atoms with Crippen molar-refractivity contribution in [3.63, 3.8) is 0 Å². The number of anilines is 3. The maximum Gasteiger partial charge on any atom is 0.309 e. The summed E-state index contributed by atoms with van der Waals surface area (Å²) in [5.41, 5.74) is 23.9. The number of hydrogen-bond donors (Lipinski definition) is 6. The van der Waals surface area contributed by atoms with Crippen LogP contribution in [0.4, 0.5) is 22.6 Å². The van der Waals surface area contributed by atoms with Gasteiger partial charge < -0.3 is 33.8 Å². The number of nitrogens with two attached hydrogens (primary N) is 5. The van der Waals surface area contributed by atoms with Crippen molar-refractivity contribution in [1.82, 2.24) is 15.0 Å². The topological polar surface area (TPSA) is 206 Å². The fourth-order valence-electron chi connectivity index (χ4n) is 0.855. The number of primary amides is 2. The van der Waals surface area contributed by atoms with Crippen molar-refractivity contribution in [2.24, 2.45) is 11.5 Å². The van der Waals surface area contributed by atoms with Gasteiger partial charge in [0.05, 0.1) is 0 Å². The SMILES string of the molecule is NC(N)=O.Nc1nc(N)nc(N)n1.Oc1ccccc1. The van der Waals surface area contributed by atoms with Crippen LogP contribution in [0.25, 0.3) is 0 Å². The van der Waals surface area contributed by atoms with E-state index in [9.17, 15) is 0 Å². The van der Waals surface area contributed by atoms with Crippen molar-refractivity contribution in [2.75, 3.05) is 17.2 Å². The molecule has 10 nitrogen and oxygen atoms in total. The largest absolute Gasteiger partial charge is 0.508 e. The number of phenols is 1. The summed E-state index contributed by atoms with van der Waals surface area (Å²) in [5, 5.41) is 8.63. The lowest BCUT2D eigenvalue weighted by molar-refractivity contribution is 0.256. The highest BCUT2D eigenvalue weighted by atomic mass is 16.3. The fraction of sp³-hybridized carbons (Fsp3) is 0. The molecule has 0 fully saturated rings. The molecule has 0 aliphatic heterocycles. The number of phenolic OH excluding ortho intramolecular Hbond substituents is 1. The normalized spacial score (nSPS) is 8.40. The molecular weight excluding hydrogens is 264 g/mol. The zero-order valence-electron chi connectivity index (χ0n) is 10.5. The van der Waals surface area contributed by atoms with Gasteiger partial charge in [0.15, 0.2) is 0 Å². The number of hydrogen-bond acceptors (Lipinski definition) is 8. The highest BCUT2D eigenvalue weighted by Gasteiger charge is 1.93. The third-order valence-electron chi connectivity index (χ3n) is 1.44. The molecule has 0 atom stereocenters. The van der Waals surface area contributed by atoms with Gasteiger partial charge in [-0.05, 0) is 12.1 Å². The molecule has 0 saturated heterocycles. The molecule has 10 heteroatoms. The second-order valence-electron chi connectivity index (χ2n) is 3.15. The molecule has 0 aliphatic carbocycles. The number of rotatable bonds is 0. The molecule has 108 valence electrons. The summed E-state index contributed by atoms with van der Waals surface area (Å²) < 4.78 is 0. The summed E-state index contributed by atoms with van der Waals surface area (Å²) in [6.07, 6.45) is 0. The third-order valence-corrected chi connectivity index (χ3v) is 1.44. The van der Waals surface area contributed by atoms with E-state index in [1.165, 1.54) is 0 Å². The van der Waals surface area contributed by atoms with Gasteiger partial charge in [-0.25, -0.2) is 4.79 Å². The molecule has 0 spiro atoms. The van der Waals surface area contributed by atoms with Crippen LogP contribution in [0.2, 0.25) is 0 Å². The van der Waals surface area contributed by atoms with Crippen molar-refractivity contribution in [3.05, 3.63) is 30.3 Å². The van der Waals surface area contributed by atoms with E-state index < -0.39 is 6.03 Å². The zero-order valence-corrected chi connectivity index (χ0v) is 10.5. The van der Waals surface area contributed by atoms with Crippen LogP contribution >= 0.6 is 0 Å². The van der Waals surface area contributed by atoms with Crippen molar-refractivity contribution >= 4 is 23.9 Å². The highest BCUT2D eigenvalue weighted by Crippen LogP contribution is 2.02. The number of nitrogens with zero attached hydrogens (tertiary/aromatic N) is 3. The van der Waals surface area contributed by atoms with E-state index in [1.807, 2.05) is 6.07 Å². The molecule has 0 bridgehead atoms. The summed E-state index contributed by atoms with van der Waals surface area (Å²) in [4.78, 5) is 19.5. The smallest absolute Gasteiger partial charge is 0.309 e. The first-order valence-electron chi connectivity index (χ1n) is 5.12. The third kappa shape index (κ3) is 9.89. The molecule has 2 rings (SSSR count). The van der Waals surface area contributed by atoms with E-state index in [4.69, 9.17) is 27.1 Å². The lowest BCUT2D eigenvalue weighted by Crippen LogP contribution is -2.18. The summed E-state index contributed by atoms with van der Waals surface area (Å²) >= 11 is 0. The summed E-state index contributed by atoms with van der Waals surface area (Å²) in [6, 6.07) is 7.88. The van der Waals surface area contributed by atoms with Gasteiger partial charge in [0.2, 0.25) is 17.8 Å². The Bertz CT molecular complexity index is 480. The van der Waals surface area contributed by atoms with Gasteiger partial charge in [-0.15, -0.1) is 0 Å². The average Bonchev–Trinajstić information content (AvgIpc) is 2.27. The lowest BCUT2D eigenvalue weighted by Gasteiger charge is -1.93. The van der Waals surface area contributed by atoms with Crippen LogP contribution < -0.4 is 28.7 Å². The van der Waals surface area contributed by atoms with Gasteiger partial charge in [-0.1, -0.05) is 18.2 Å². The minimum Gasteiger partial charge on any atom is -0.508 e. The monoisotopic (exact) mass is 280 g/mol. The molecule has 1 aromatic carbocycles. The highest BCUT2D eigenvalue weighted by molar-refractivity contribution is 5.69.